The molecule has 0 spiro atoms. The van der Waals surface area contributed by atoms with Crippen LogP contribution in [0.4, 0.5) is 0 Å². The van der Waals surface area contributed by atoms with Gasteiger partial charge in [-0.15, -0.1) is 0 Å². The molecule has 0 heterocycles. The molecule has 2 aliphatic carbocycles. The summed E-state index contributed by atoms with van der Waals surface area (Å²) in [4.78, 5) is 0. The molecule has 0 aliphatic heterocycles. The van der Waals surface area contributed by atoms with E-state index in [4.69, 9.17) is 0 Å². The van der Waals surface area contributed by atoms with E-state index in [1.165, 1.54) is 35.1 Å². The molecule has 0 aromatic heterocycles. The van der Waals surface area contributed by atoms with Crippen LogP contribution in [0.5, 0.6) is 0 Å². The molecular weight excluding hydrogens is 259 g/mol. The molecule has 0 unspecified atom stereocenters. The van der Waals surface area contributed by atoms with Gasteiger partial charge in [0.1, 0.15) is 0 Å². The largest absolute Gasteiger partial charge is 0.0775 e. The van der Waals surface area contributed by atoms with E-state index >= 15 is 0 Å². The topological polar surface area (TPSA) is 0 Å². The predicted octanol–water partition coefficient (Wildman–Crippen LogP) is 4.56. The third kappa shape index (κ3) is 6.10. The Hall–Kier alpha value is -0.157. The molecule has 0 radical (unpaired) electrons. The number of hydrogen-bond donors (Lipinski definition) is 0. The summed E-state index contributed by atoms with van der Waals surface area (Å²) < 4.78 is 0. The Bertz CT molecular complexity index is 293. The van der Waals surface area contributed by atoms with Gasteiger partial charge < -0.3 is 0 Å². The van der Waals surface area contributed by atoms with E-state index in [2.05, 4.69) is 52.0 Å². The zero-order valence-electron chi connectivity index (χ0n) is 10.2. The first-order valence-corrected chi connectivity index (χ1v) is 5.26. The quantitative estimate of drug-likeness (QED) is 0.609. The van der Waals surface area contributed by atoms with Gasteiger partial charge in [-0.1, -0.05) is 46.6 Å². The van der Waals surface area contributed by atoms with E-state index in [-0.39, 0.29) is 26.2 Å². The molecule has 0 saturated carbocycles. The van der Waals surface area contributed by atoms with Gasteiger partial charge in [-0.05, 0) is 40.5 Å². The van der Waals surface area contributed by atoms with Crippen molar-refractivity contribution in [2.24, 2.45) is 0 Å². The van der Waals surface area contributed by atoms with Gasteiger partial charge in [0.15, 0.2) is 0 Å². The molecule has 0 fully saturated rings. The molecule has 0 atom stereocenters. The Morgan fingerprint density at radius 1 is 0.733 bits per heavy atom. The molecule has 15 heavy (non-hydrogen) atoms. The average molecular weight is 280 g/mol. The molecule has 0 bridgehead atoms. The van der Waals surface area contributed by atoms with Crippen molar-refractivity contribution < 1.29 is 26.2 Å². The van der Waals surface area contributed by atoms with E-state index < -0.39 is 0 Å². The normalized spacial score (nSPS) is 17.9. The summed E-state index contributed by atoms with van der Waals surface area (Å²) in [6.45, 7) is 8.59. The number of hydrogen-bond acceptors (Lipinski definition) is 0. The number of rotatable bonds is 0. The summed E-state index contributed by atoms with van der Waals surface area (Å²) in [5, 5.41) is 0. The zero-order valence-corrected chi connectivity index (χ0v) is 12.7. The molecule has 80 valence electrons. The summed E-state index contributed by atoms with van der Waals surface area (Å²) >= 11 is 0. The van der Waals surface area contributed by atoms with Gasteiger partial charge in [0.25, 0.3) is 0 Å². The monoisotopic (exact) mass is 278 g/mol. The fraction of sp³-hybridized carbons (Fsp3) is 0.429. The van der Waals surface area contributed by atoms with Crippen molar-refractivity contribution >= 4 is 0 Å². The zero-order chi connectivity index (χ0) is 10.6. The maximum Gasteiger partial charge on any atom is 0 e. The maximum absolute atomic E-state index is 2.25. The second-order valence-corrected chi connectivity index (χ2v) is 4.29. The van der Waals surface area contributed by atoms with Gasteiger partial charge in [-0.25, -0.2) is 0 Å². The second kappa shape index (κ2) is 7.17. The van der Waals surface area contributed by atoms with E-state index in [1.54, 1.807) is 0 Å². The van der Waals surface area contributed by atoms with Crippen LogP contribution in [0, 0.1) is 0 Å². The van der Waals surface area contributed by atoms with Crippen molar-refractivity contribution in [2.75, 3.05) is 0 Å². The van der Waals surface area contributed by atoms with Gasteiger partial charge in [0.2, 0.25) is 0 Å². The van der Waals surface area contributed by atoms with Crippen LogP contribution in [0.1, 0.15) is 40.5 Å². The van der Waals surface area contributed by atoms with Gasteiger partial charge in [0.05, 0.1) is 0 Å². The van der Waals surface area contributed by atoms with E-state index in [0.29, 0.717) is 0 Å². The fourth-order valence-corrected chi connectivity index (χ4v) is 1.66. The van der Waals surface area contributed by atoms with Crippen molar-refractivity contribution in [2.45, 2.75) is 40.5 Å². The van der Waals surface area contributed by atoms with Gasteiger partial charge in [0, 0.05) is 26.2 Å². The minimum Gasteiger partial charge on any atom is -0.0775 e. The molecule has 0 aromatic rings. The van der Waals surface area contributed by atoms with Crippen molar-refractivity contribution in [3.8, 4) is 0 Å². The predicted molar refractivity (Wildman–Crippen MR) is 64.3 cm³/mol. The molecule has 0 nitrogen and oxygen atoms in total. The Morgan fingerprint density at radius 3 is 1.13 bits per heavy atom. The Kier molecular flexibility index (Phi) is 7.10. The maximum atomic E-state index is 2.25. The average Bonchev–Trinajstić information content (AvgIpc) is 2.63. The molecule has 1 heteroatoms. The molecule has 0 amide bonds. The molecule has 0 saturated heterocycles. The minimum atomic E-state index is 0. The van der Waals surface area contributed by atoms with Gasteiger partial charge in [-0.2, -0.15) is 0 Å². The van der Waals surface area contributed by atoms with Crippen molar-refractivity contribution in [3.05, 3.63) is 46.6 Å². The van der Waals surface area contributed by atoms with E-state index in [0.717, 1.165) is 0 Å². The Balaban J connectivity index is 0.000000245. The van der Waals surface area contributed by atoms with Crippen molar-refractivity contribution in [3.63, 3.8) is 0 Å². The first-order valence-electron chi connectivity index (χ1n) is 5.26. The number of allylic oxidation sites excluding steroid dienone is 8. The second-order valence-electron chi connectivity index (χ2n) is 4.29. The first kappa shape index (κ1) is 14.8. The van der Waals surface area contributed by atoms with Crippen LogP contribution in [-0.2, 0) is 26.2 Å². The Morgan fingerprint density at radius 2 is 1.07 bits per heavy atom. The molecule has 2 rings (SSSR count). The summed E-state index contributed by atoms with van der Waals surface area (Å²) in [6.07, 6.45) is 11.3. The minimum absolute atomic E-state index is 0. The molecule has 0 aromatic carbocycles. The summed E-state index contributed by atoms with van der Waals surface area (Å²) in [7, 11) is 0. The van der Waals surface area contributed by atoms with E-state index in [9.17, 15) is 0 Å². The van der Waals surface area contributed by atoms with Crippen molar-refractivity contribution in [1.82, 2.24) is 0 Å². The third-order valence-corrected chi connectivity index (χ3v) is 2.44. The third-order valence-electron chi connectivity index (χ3n) is 2.44. The van der Waals surface area contributed by atoms with Crippen LogP contribution in [0.25, 0.3) is 0 Å². The van der Waals surface area contributed by atoms with Crippen LogP contribution >= 0.6 is 0 Å². The Labute approximate surface area is 113 Å². The summed E-state index contributed by atoms with van der Waals surface area (Å²) in [5.41, 5.74) is 5.80. The standard InChI is InChI=1S/2C7H10.Zr/c2*1-6-3-4-7(2)5-6;/h2*3,5H,4H2,1-2H3;. The van der Waals surface area contributed by atoms with Gasteiger partial charge in [-0.3, -0.25) is 0 Å². The summed E-state index contributed by atoms with van der Waals surface area (Å²) in [5.74, 6) is 0. The van der Waals surface area contributed by atoms with Crippen LogP contribution in [0.2, 0.25) is 0 Å². The first-order chi connectivity index (χ1) is 6.58. The molecule has 2 aliphatic rings. The van der Waals surface area contributed by atoms with Crippen LogP contribution in [-0.4, -0.2) is 0 Å². The van der Waals surface area contributed by atoms with E-state index in [1.807, 2.05) is 0 Å². The van der Waals surface area contributed by atoms with Crippen LogP contribution < -0.4 is 0 Å². The van der Waals surface area contributed by atoms with Gasteiger partial charge >= 0.3 is 0 Å². The summed E-state index contributed by atoms with van der Waals surface area (Å²) in [6, 6.07) is 0. The van der Waals surface area contributed by atoms with Crippen LogP contribution in [0.15, 0.2) is 46.6 Å². The fourth-order valence-electron chi connectivity index (χ4n) is 1.66. The van der Waals surface area contributed by atoms with Crippen LogP contribution in [0.3, 0.4) is 0 Å². The SMILES string of the molecule is CC1=CCC(C)=C1.CC1=CCC(C)=C1.[Zr]. The smallest absolute Gasteiger partial charge is 0 e. The molecule has 0 N–H and O–H groups in total. The molecular formula is C14H20Zr. The van der Waals surface area contributed by atoms with Crippen molar-refractivity contribution in [1.29, 1.82) is 0 Å².